The second kappa shape index (κ2) is 4.96. The number of nitrogens with two attached hydrogens (primary N) is 1. The molecule has 0 amide bonds. The zero-order valence-electron chi connectivity index (χ0n) is 11.4. The van der Waals surface area contributed by atoms with E-state index in [0.29, 0.717) is 36.0 Å². The van der Waals surface area contributed by atoms with Crippen LogP contribution in [-0.2, 0) is 15.6 Å². The van der Waals surface area contributed by atoms with Gasteiger partial charge >= 0.3 is 0 Å². The smallest absolute Gasteiger partial charge is 0.161 e. The van der Waals surface area contributed by atoms with E-state index in [9.17, 15) is 8.42 Å². The van der Waals surface area contributed by atoms with Crippen molar-refractivity contribution >= 4 is 15.7 Å². The van der Waals surface area contributed by atoms with Crippen LogP contribution in [0.3, 0.4) is 0 Å². The third-order valence-corrected chi connectivity index (χ3v) is 3.92. The monoisotopic (exact) mass is 309 g/mol. The lowest BCUT2D eigenvalue weighted by Gasteiger charge is -2.19. The maximum Gasteiger partial charge on any atom is 0.161 e. The summed E-state index contributed by atoms with van der Waals surface area (Å²) in [6, 6.07) is 5.36. The predicted octanol–water partition coefficient (Wildman–Crippen LogP) is 0.975. The van der Waals surface area contributed by atoms with Gasteiger partial charge in [-0.25, -0.2) is 8.42 Å². The van der Waals surface area contributed by atoms with Crippen LogP contribution in [0.1, 0.15) is 5.69 Å². The molecule has 1 aliphatic heterocycles. The average Bonchev–Trinajstić information content (AvgIpc) is 2.77. The number of hydrogen-bond donors (Lipinski definition) is 2. The Morgan fingerprint density at radius 3 is 2.71 bits per heavy atom. The molecule has 3 rings (SSSR count). The number of benzene rings is 1. The van der Waals surface area contributed by atoms with E-state index in [1.54, 1.807) is 18.2 Å². The fourth-order valence-electron chi connectivity index (χ4n) is 2.28. The van der Waals surface area contributed by atoms with Gasteiger partial charge in [-0.1, -0.05) is 6.07 Å². The molecule has 0 aliphatic carbocycles. The van der Waals surface area contributed by atoms with Crippen LogP contribution in [0.4, 0.5) is 5.82 Å². The van der Waals surface area contributed by atoms with Crippen molar-refractivity contribution in [3.8, 4) is 22.6 Å². The Morgan fingerprint density at radius 2 is 2.00 bits per heavy atom. The van der Waals surface area contributed by atoms with Crippen LogP contribution in [0.2, 0.25) is 0 Å². The number of fused-ring (bicyclic) bond motifs is 1. The van der Waals surface area contributed by atoms with E-state index in [4.69, 9.17) is 15.2 Å². The third-order valence-electron chi connectivity index (χ3n) is 3.11. The summed E-state index contributed by atoms with van der Waals surface area (Å²) < 4.78 is 34.0. The van der Waals surface area contributed by atoms with Gasteiger partial charge in [0.25, 0.3) is 0 Å². The summed E-state index contributed by atoms with van der Waals surface area (Å²) >= 11 is 0. The number of H-pyrrole nitrogens is 1. The Kier molecular flexibility index (Phi) is 3.25. The predicted molar refractivity (Wildman–Crippen MR) is 78.0 cm³/mol. The van der Waals surface area contributed by atoms with Gasteiger partial charge in [-0.3, -0.25) is 5.10 Å². The first-order valence-electron chi connectivity index (χ1n) is 6.34. The normalized spacial score (nSPS) is 14.1. The van der Waals surface area contributed by atoms with E-state index < -0.39 is 9.84 Å². The summed E-state index contributed by atoms with van der Waals surface area (Å²) in [5.74, 6) is 1.38. The summed E-state index contributed by atoms with van der Waals surface area (Å²) in [6.07, 6.45) is 1.16. The first-order valence-corrected chi connectivity index (χ1v) is 8.40. The minimum absolute atomic E-state index is 0.152. The lowest BCUT2D eigenvalue weighted by molar-refractivity contribution is 0.171. The Labute approximate surface area is 122 Å². The fourth-order valence-corrected chi connectivity index (χ4v) is 3.01. The number of anilines is 1. The highest BCUT2D eigenvalue weighted by atomic mass is 32.2. The van der Waals surface area contributed by atoms with Gasteiger partial charge in [-0.2, -0.15) is 5.10 Å². The highest BCUT2D eigenvalue weighted by Crippen LogP contribution is 2.37. The molecule has 1 aromatic carbocycles. The number of ether oxygens (including phenoxy) is 2. The molecular weight excluding hydrogens is 294 g/mol. The van der Waals surface area contributed by atoms with Crippen LogP contribution in [-0.4, -0.2) is 38.1 Å². The van der Waals surface area contributed by atoms with Crippen molar-refractivity contribution in [2.45, 2.75) is 5.75 Å². The molecule has 112 valence electrons. The molecule has 1 aromatic heterocycles. The summed E-state index contributed by atoms with van der Waals surface area (Å²) in [4.78, 5) is 0. The van der Waals surface area contributed by atoms with Gasteiger partial charge in [0.05, 0.1) is 11.4 Å². The number of rotatable bonds is 3. The first-order chi connectivity index (χ1) is 9.94. The maximum atomic E-state index is 11.5. The maximum absolute atomic E-state index is 11.5. The molecule has 0 saturated heterocycles. The number of aromatic nitrogens is 2. The molecule has 2 heterocycles. The van der Waals surface area contributed by atoms with Crippen molar-refractivity contribution in [3.63, 3.8) is 0 Å². The van der Waals surface area contributed by atoms with Gasteiger partial charge in [0.2, 0.25) is 0 Å². The molecule has 0 spiro atoms. The zero-order valence-corrected chi connectivity index (χ0v) is 12.2. The molecule has 1 aliphatic rings. The molecule has 0 atom stereocenters. The average molecular weight is 309 g/mol. The molecule has 21 heavy (non-hydrogen) atoms. The summed E-state index contributed by atoms with van der Waals surface area (Å²) in [5, 5.41) is 6.59. The van der Waals surface area contributed by atoms with E-state index in [-0.39, 0.29) is 11.6 Å². The van der Waals surface area contributed by atoms with Gasteiger partial charge in [-0.05, 0) is 17.7 Å². The molecule has 0 bridgehead atoms. The van der Waals surface area contributed by atoms with Crippen molar-refractivity contribution in [3.05, 3.63) is 23.9 Å². The van der Waals surface area contributed by atoms with Crippen LogP contribution in [0.5, 0.6) is 11.5 Å². The molecule has 3 N–H and O–H groups in total. The topological polar surface area (TPSA) is 107 Å². The molecule has 0 saturated carbocycles. The number of nitrogen functional groups attached to an aromatic ring is 1. The van der Waals surface area contributed by atoms with Gasteiger partial charge in [0.15, 0.2) is 27.2 Å². The molecule has 7 nitrogen and oxygen atoms in total. The van der Waals surface area contributed by atoms with Crippen LogP contribution in [0.25, 0.3) is 11.1 Å². The van der Waals surface area contributed by atoms with Gasteiger partial charge in [0, 0.05) is 11.8 Å². The molecule has 0 fully saturated rings. The van der Waals surface area contributed by atoms with Gasteiger partial charge < -0.3 is 15.2 Å². The quantitative estimate of drug-likeness (QED) is 0.875. The first kappa shape index (κ1) is 13.7. The van der Waals surface area contributed by atoms with Gasteiger partial charge in [0.1, 0.15) is 13.2 Å². The molecular formula is C13H15N3O4S. The lowest BCUT2D eigenvalue weighted by Crippen LogP contribution is -2.15. The Bertz CT molecular complexity index is 783. The SMILES string of the molecule is CS(=O)(=O)Cc1[nH]nc(N)c1-c1ccc2c(c1)OCCO2. The minimum Gasteiger partial charge on any atom is -0.486 e. The van der Waals surface area contributed by atoms with E-state index >= 15 is 0 Å². The summed E-state index contributed by atoms with van der Waals surface area (Å²) in [7, 11) is -3.19. The number of aromatic amines is 1. The molecule has 0 unspecified atom stereocenters. The van der Waals surface area contributed by atoms with E-state index in [0.717, 1.165) is 11.8 Å². The van der Waals surface area contributed by atoms with Crippen molar-refractivity contribution < 1.29 is 17.9 Å². The van der Waals surface area contributed by atoms with Crippen LogP contribution in [0, 0.1) is 0 Å². The Morgan fingerprint density at radius 1 is 1.29 bits per heavy atom. The van der Waals surface area contributed by atoms with Gasteiger partial charge in [-0.15, -0.1) is 0 Å². The van der Waals surface area contributed by atoms with Crippen molar-refractivity contribution in [1.29, 1.82) is 0 Å². The largest absolute Gasteiger partial charge is 0.486 e. The number of sulfone groups is 1. The zero-order chi connectivity index (χ0) is 15.0. The van der Waals surface area contributed by atoms with Crippen LogP contribution >= 0.6 is 0 Å². The van der Waals surface area contributed by atoms with Crippen molar-refractivity contribution in [2.75, 3.05) is 25.2 Å². The standard InChI is InChI=1S/C13H15N3O4S/c1-21(17,18)7-9-12(13(14)16-15-9)8-2-3-10-11(6-8)20-5-4-19-10/h2-3,6H,4-5,7H2,1H3,(H3,14,15,16). The number of nitrogens with one attached hydrogen (secondary N) is 1. The summed E-state index contributed by atoms with van der Waals surface area (Å²) in [5.41, 5.74) is 7.64. The van der Waals surface area contributed by atoms with E-state index in [2.05, 4.69) is 10.2 Å². The fraction of sp³-hybridized carbons (Fsp3) is 0.308. The van der Waals surface area contributed by atoms with Crippen molar-refractivity contribution in [1.82, 2.24) is 10.2 Å². The molecule has 8 heteroatoms. The number of hydrogen-bond acceptors (Lipinski definition) is 6. The third kappa shape index (κ3) is 2.80. The highest BCUT2D eigenvalue weighted by Gasteiger charge is 2.19. The van der Waals surface area contributed by atoms with Crippen LogP contribution in [0.15, 0.2) is 18.2 Å². The van der Waals surface area contributed by atoms with Crippen LogP contribution < -0.4 is 15.2 Å². The van der Waals surface area contributed by atoms with E-state index in [1.807, 2.05) is 0 Å². The van der Waals surface area contributed by atoms with E-state index in [1.165, 1.54) is 0 Å². The Balaban J connectivity index is 2.06. The molecule has 2 aromatic rings. The second-order valence-corrected chi connectivity index (χ2v) is 7.03. The molecule has 0 radical (unpaired) electrons. The summed E-state index contributed by atoms with van der Waals surface area (Å²) in [6.45, 7) is 0.993. The second-order valence-electron chi connectivity index (χ2n) is 4.89. The van der Waals surface area contributed by atoms with Crippen molar-refractivity contribution in [2.24, 2.45) is 0 Å². The number of nitrogens with zero attached hydrogens (tertiary/aromatic N) is 1. The lowest BCUT2D eigenvalue weighted by atomic mass is 10.1. The Hall–Kier alpha value is -2.22. The highest BCUT2D eigenvalue weighted by molar-refractivity contribution is 7.89. The minimum atomic E-state index is -3.19.